The summed E-state index contributed by atoms with van der Waals surface area (Å²) in [4.78, 5) is 16.8. The predicted molar refractivity (Wildman–Crippen MR) is 115 cm³/mol. The summed E-state index contributed by atoms with van der Waals surface area (Å²) in [6.07, 6.45) is 4.95. The molecule has 2 heterocycles. The Hall–Kier alpha value is -4.07. The highest BCUT2D eigenvalue weighted by Crippen LogP contribution is 2.25. The van der Waals surface area contributed by atoms with E-state index in [-0.39, 0.29) is 23.4 Å². The number of pyridine rings is 1. The summed E-state index contributed by atoms with van der Waals surface area (Å²) < 4.78 is 34.6. The Morgan fingerprint density at radius 2 is 1.91 bits per heavy atom. The molecular formula is C24H20F2N4O2. The number of hydrogen-bond acceptors (Lipinski definition) is 4. The van der Waals surface area contributed by atoms with E-state index in [4.69, 9.17) is 4.74 Å². The lowest BCUT2D eigenvalue weighted by atomic mass is 10.1. The number of ether oxygens (including phenoxy) is 1. The lowest BCUT2D eigenvalue weighted by Gasteiger charge is -2.09. The summed E-state index contributed by atoms with van der Waals surface area (Å²) in [6, 6.07) is 14.3. The van der Waals surface area contributed by atoms with Crippen molar-refractivity contribution in [3.8, 4) is 17.0 Å². The van der Waals surface area contributed by atoms with Crippen LogP contribution in [0.4, 0.5) is 8.78 Å². The van der Waals surface area contributed by atoms with Crippen molar-refractivity contribution in [1.29, 1.82) is 0 Å². The fraction of sp³-hybridized carbons (Fsp3) is 0.125. The van der Waals surface area contributed by atoms with E-state index in [0.29, 0.717) is 12.4 Å². The molecule has 162 valence electrons. The quantitative estimate of drug-likeness (QED) is 0.472. The molecule has 0 fully saturated rings. The van der Waals surface area contributed by atoms with Crippen molar-refractivity contribution in [2.75, 3.05) is 0 Å². The van der Waals surface area contributed by atoms with Gasteiger partial charge in [0.05, 0.1) is 5.56 Å². The number of carbonyl (C=O) groups is 1. The third-order valence-electron chi connectivity index (χ3n) is 4.76. The summed E-state index contributed by atoms with van der Waals surface area (Å²) in [5.41, 5.74) is 2.25. The van der Waals surface area contributed by atoms with E-state index < -0.39 is 17.5 Å². The minimum Gasteiger partial charge on any atom is -0.489 e. The Balaban J connectivity index is 1.40. The number of nitrogens with zero attached hydrogens (tertiary/aromatic N) is 3. The first-order valence-corrected chi connectivity index (χ1v) is 9.87. The second-order valence-corrected chi connectivity index (χ2v) is 7.17. The smallest absolute Gasteiger partial charge is 0.255 e. The van der Waals surface area contributed by atoms with Gasteiger partial charge in [0.1, 0.15) is 29.7 Å². The predicted octanol–water partition coefficient (Wildman–Crippen LogP) is 4.27. The van der Waals surface area contributed by atoms with Gasteiger partial charge in [-0.05, 0) is 35.9 Å². The van der Waals surface area contributed by atoms with Crippen molar-refractivity contribution in [2.24, 2.45) is 7.05 Å². The van der Waals surface area contributed by atoms with Gasteiger partial charge >= 0.3 is 0 Å². The van der Waals surface area contributed by atoms with Gasteiger partial charge in [-0.25, -0.2) is 8.78 Å². The number of amides is 1. The number of aromatic nitrogens is 3. The zero-order valence-corrected chi connectivity index (χ0v) is 17.3. The number of nitrogens with one attached hydrogen (secondary N) is 1. The Morgan fingerprint density at radius 1 is 1.09 bits per heavy atom. The first kappa shape index (κ1) is 21.2. The molecule has 0 aliphatic rings. The van der Waals surface area contributed by atoms with Gasteiger partial charge in [0.2, 0.25) is 0 Å². The molecule has 0 aliphatic heterocycles. The minimum atomic E-state index is -0.778. The van der Waals surface area contributed by atoms with Crippen LogP contribution < -0.4 is 10.1 Å². The molecule has 8 heteroatoms. The van der Waals surface area contributed by atoms with E-state index >= 15 is 0 Å². The number of benzene rings is 2. The number of halogens is 2. The molecule has 2 aromatic carbocycles. The first-order chi connectivity index (χ1) is 15.5. The normalized spacial score (nSPS) is 10.7. The van der Waals surface area contributed by atoms with Crippen LogP contribution in [-0.4, -0.2) is 20.7 Å². The van der Waals surface area contributed by atoms with E-state index in [2.05, 4.69) is 15.4 Å². The second kappa shape index (κ2) is 9.38. The molecule has 0 saturated heterocycles. The number of carbonyl (C=O) groups excluding carboxylic acids is 1. The maximum Gasteiger partial charge on any atom is 0.255 e. The number of aryl methyl sites for hydroxylation is 1. The fourth-order valence-electron chi connectivity index (χ4n) is 3.17. The van der Waals surface area contributed by atoms with Gasteiger partial charge in [-0.15, -0.1) is 0 Å². The van der Waals surface area contributed by atoms with Crippen LogP contribution in [0, 0.1) is 11.6 Å². The third-order valence-corrected chi connectivity index (χ3v) is 4.76. The SMILES string of the molecule is Cn1cc(C(=O)NCc2ccc(OCc3cccnc3)cc2)c(-c2ccc(F)cc2F)n1. The Labute approximate surface area is 183 Å². The van der Waals surface area contributed by atoms with Crippen molar-refractivity contribution in [1.82, 2.24) is 20.1 Å². The van der Waals surface area contributed by atoms with Crippen molar-refractivity contribution in [3.05, 3.63) is 102 Å². The van der Waals surface area contributed by atoms with Crippen LogP contribution in [0.5, 0.6) is 5.75 Å². The van der Waals surface area contributed by atoms with Gasteiger partial charge in [0.15, 0.2) is 0 Å². The van der Waals surface area contributed by atoms with Crippen molar-refractivity contribution in [3.63, 3.8) is 0 Å². The summed E-state index contributed by atoms with van der Waals surface area (Å²) in [5.74, 6) is -1.18. The van der Waals surface area contributed by atoms with Gasteiger partial charge in [0.25, 0.3) is 5.91 Å². The van der Waals surface area contributed by atoms with Crippen molar-refractivity contribution < 1.29 is 18.3 Å². The van der Waals surface area contributed by atoms with Gasteiger partial charge in [-0.2, -0.15) is 5.10 Å². The number of rotatable bonds is 7. The maximum atomic E-state index is 14.2. The van der Waals surface area contributed by atoms with Crippen molar-refractivity contribution in [2.45, 2.75) is 13.2 Å². The molecule has 2 aromatic heterocycles. The van der Waals surface area contributed by atoms with E-state index in [9.17, 15) is 13.6 Å². The fourth-order valence-corrected chi connectivity index (χ4v) is 3.17. The molecule has 0 bridgehead atoms. The molecule has 1 amide bonds. The van der Waals surface area contributed by atoms with E-state index in [0.717, 1.165) is 23.3 Å². The summed E-state index contributed by atoms with van der Waals surface area (Å²) in [7, 11) is 1.63. The molecule has 0 radical (unpaired) electrons. The van der Waals surface area contributed by atoms with Crippen LogP contribution in [0.25, 0.3) is 11.3 Å². The third kappa shape index (κ3) is 4.97. The molecule has 0 aliphatic carbocycles. The van der Waals surface area contributed by atoms with E-state index in [1.54, 1.807) is 19.4 Å². The van der Waals surface area contributed by atoms with Gasteiger partial charge in [-0.3, -0.25) is 14.5 Å². The highest BCUT2D eigenvalue weighted by Gasteiger charge is 2.20. The van der Waals surface area contributed by atoms with Gasteiger partial charge < -0.3 is 10.1 Å². The van der Waals surface area contributed by atoms with Crippen LogP contribution in [0.2, 0.25) is 0 Å². The standard InChI is InChI=1S/C24H20F2N4O2/c1-30-14-21(23(29-30)20-9-6-18(25)11-22(20)26)24(31)28-13-16-4-7-19(8-5-16)32-15-17-3-2-10-27-12-17/h2-12,14H,13,15H2,1H3,(H,28,31). The molecule has 0 saturated carbocycles. The van der Waals surface area contributed by atoms with E-state index in [1.807, 2.05) is 36.4 Å². The average molecular weight is 434 g/mol. The van der Waals surface area contributed by atoms with Gasteiger partial charge in [-0.1, -0.05) is 18.2 Å². The zero-order chi connectivity index (χ0) is 22.5. The summed E-state index contributed by atoms with van der Waals surface area (Å²) >= 11 is 0. The molecule has 0 spiro atoms. The van der Waals surface area contributed by atoms with Crippen LogP contribution in [0.15, 0.2) is 73.2 Å². The zero-order valence-electron chi connectivity index (χ0n) is 17.3. The average Bonchev–Trinajstić information content (AvgIpc) is 3.19. The maximum absolute atomic E-state index is 14.2. The van der Waals surface area contributed by atoms with Gasteiger partial charge in [0, 0.05) is 49.4 Å². The highest BCUT2D eigenvalue weighted by molar-refractivity contribution is 5.99. The monoisotopic (exact) mass is 434 g/mol. The highest BCUT2D eigenvalue weighted by atomic mass is 19.1. The summed E-state index contributed by atoms with van der Waals surface area (Å²) in [5, 5.41) is 6.99. The Morgan fingerprint density at radius 3 is 2.62 bits per heavy atom. The second-order valence-electron chi connectivity index (χ2n) is 7.17. The van der Waals surface area contributed by atoms with Crippen LogP contribution in [-0.2, 0) is 20.2 Å². The summed E-state index contributed by atoms with van der Waals surface area (Å²) in [6.45, 7) is 0.676. The molecule has 32 heavy (non-hydrogen) atoms. The molecule has 4 aromatic rings. The lowest BCUT2D eigenvalue weighted by molar-refractivity contribution is 0.0951. The number of hydrogen-bond donors (Lipinski definition) is 1. The Kier molecular flexibility index (Phi) is 6.21. The molecular weight excluding hydrogens is 414 g/mol. The molecule has 0 atom stereocenters. The van der Waals surface area contributed by atoms with Crippen LogP contribution in [0.1, 0.15) is 21.5 Å². The molecule has 0 unspecified atom stereocenters. The molecule has 1 N–H and O–H groups in total. The minimum absolute atomic E-state index is 0.0623. The topological polar surface area (TPSA) is 69.0 Å². The largest absolute Gasteiger partial charge is 0.489 e. The van der Waals surface area contributed by atoms with E-state index in [1.165, 1.54) is 16.9 Å². The molecule has 6 nitrogen and oxygen atoms in total. The van der Waals surface area contributed by atoms with Crippen molar-refractivity contribution >= 4 is 5.91 Å². The molecule has 4 rings (SSSR count). The van der Waals surface area contributed by atoms with Crippen LogP contribution >= 0.6 is 0 Å². The first-order valence-electron chi connectivity index (χ1n) is 9.87. The van der Waals surface area contributed by atoms with Crippen LogP contribution in [0.3, 0.4) is 0 Å². The Bertz CT molecular complexity index is 1220. The lowest BCUT2D eigenvalue weighted by Crippen LogP contribution is -2.23.